The van der Waals surface area contributed by atoms with Crippen molar-refractivity contribution in [2.45, 2.75) is 26.3 Å². The molecular formula is C25H28N6O4. The van der Waals surface area contributed by atoms with Crippen LogP contribution in [0, 0.1) is 6.92 Å². The van der Waals surface area contributed by atoms with Crippen molar-refractivity contribution in [3.05, 3.63) is 70.6 Å². The van der Waals surface area contributed by atoms with Crippen LogP contribution in [0.15, 0.2) is 58.0 Å². The molecule has 1 aromatic carbocycles. The van der Waals surface area contributed by atoms with Crippen molar-refractivity contribution in [2.75, 3.05) is 27.2 Å². The summed E-state index contributed by atoms with van der Waals surface area (Å²) in [6.07, 6.45) is 4.25. The molecule has 0 fully saturated rings. The number of carbonyl (C=O) groups is 1. The van der Waals surface area contributed by atoms with Gasteiger partial charge in [0.05, 0.1) is 18.9 Å². The molecule has 4 rings (SSSR count). The first-order chi connectivity index (χ1) is 16.9. The van der Waals surface area contributed by atoms with Gasteiger partial charge in [0, 0.05) is 17.8 Å². The summed E-state index contributed by atoms with van der Waals surface area (Å²) in [5, 5.41) is 2.72. The van der Waals surface area contributed by atoms with Gasteiger partial charge in [-0.1, -0.05) is 18.2 Å². The van der Waals surface area contributed by atoms with Gasteiger partial charge in [0.1, 0.15) is 0 Å². The monoisotopic (exact) mass is 476 g/mol. The number of benzene rings is 1. The van der Waals surface area contributed by atoms with E-state index in [1.165, 1.54) is 17.0 Å². The number of rotatable bonds is 9. The molecule has 0 unspecified atom stereocenters. The molecule has 0 aliphatic heterocycles. The molecule has 0 bridgehead atoms. The zero-order valence-electron chi connectivity index (χ0n) is 20.0. The first-order valence-electron chi connectivity index (χ1n) is 11.4. The average molecular weight is 477 g/mol. The van der Waals surface area contributed by atoms with Crippen LogP contribution in [0.4, 0.5) is 4.79 Å². The Bertz CT molecular complexity index is 1360. The first kappa shape index (κ1) is 24.1. The quantitative estimate of drug-likeness (QED) is 0.366. The lowest BCUT2D eigenvalue weighted by atomic mass is 10.1. The smallest absolute Gasteiger partial charge is 0.407 e. The Labute approximate surface area is 202 Å². The van der Waals surface area contributed by atoms with Crippen LogP contribution in [0.2, 0.25) is 0 Å². The van der Waals surface area contributed by atoms with Gasteiger partial charge >= 0.3 is 11.8 Å². The van der Waals surface area contributed by atoms with E-state index in [2.05, 4.69) is 25.2 Å². The maximum absolute atomic E-state index is 12.3. The van der Waals surface area contributed by atoms with Gasteiger partial charge in [0.2, 0.25) is 0 Å². The van der Waals surface area contributed by atoms with Crippen molar-refractivity contribution in [1.82, 2.24) is 29.7 Å². The number of carbonyl (C=O) groups excluding carboxylic acids is 1. The summed E-state index contributed by atoms with van der Waals surface area (Å²) in [6.45, 7) is 3.68. The number of oxazole rings is 1. The maximum Gasteiger partial charge on any atom is 0.421 e. The molecule has 182 valence electrons. The molecular weight excluding hydrogens is 448 g/mol. The Morgan fingerprint density at radius 1 is 1.14 bits per heavy atom. The highest BCUT2D eigenvalue weighted by Crippen LogP contribution is 2.20. The van der Waals surface area contributed by atoms with Crippen LogP contribution < -0.4 is 15.8 Å². The number of ether oxygens (including phenoxy) is 1. The van der Waals surface area contributed by atoms with E-state index in [1.54, 1.807) is 12.1 Å². The minimum Gasteiger partial charge on any atom is -0.407 e. The highest BCUT2D eigenvalue weighted by atomic mass is 16.6. The largest absolute Gasteiger partial charge is 0.421 e. The normalized spacial score (nSPS) is 11.2. The molecule has 0 aliphatic carbocycles. The molecule has 0 saturated carbocycles. The molecule has 0 radical (unpaired) electrons. The van der Waals surface area contributed by atoms with Gasteiger partial charge in [-0.25, -0.2) is 24.5 Å². The zero-order valence-corrected chi connectivity index (χ0v) is 20.0. The predicted molar refractivity (Wildman–Crippen MR) is 131 cm³/mol. The van der Waals surface area contributed by atoms with Gasteiger partial charge in [0.25, 0.3) is 0 Å². The highest BCUT2D eigenvalue weighted by molar-refractivity contribution is 5.70. The molecule has 0 saturated heterocycles. The Morgan fingerprint density at radius 3 is 2.71 bits per heavy atom. The van der Waals surface area contributed by atoms with Crippen molar-refractivity contribution in [1.29, 1.82) is 0 Å². The van der Waals surface area contributed by atoms with E-state index < -0.39 is 11.8 Å². The van der Waals surface area contributed by atoms with Crippen LogP contribution in [0.3, 0.4) is 0 Å². The molecule has 0 atom stereocenters. The number of nitrogens with zero attached hydrogens (tertiary/aromatic N) is 5. The first-order valence-corrected chi connectivity index (χ1v) is 11.4. The third kappa shape index (κ3) is 6.30. The number of aromatic nitrogens is 4. The van der Waals surface area contributed by atoms with Crippen LogP contribution in [0.25, 0.3) is 22.6 Å². The van der Waals surface area contributed by atoms with E-state index in [1.807, 2.05) is 45.3 Å². The van der Waals surface area contributed by atoms with Crippen LogP contribution in [-0.4, -0.2) is 57.7 Å². The summed E-state index contributed by atoms with van der Waals surface area (Å²) in [6, 6.07) is 11.1. The van der Waals surface area contributed by atoms with Gasteiger partial charge in [0.15, 0.2) is 22.8 Å². The summed E-state index contributed by atoms with van der Waals surface area (Å²) in [5.41, 5.74) is 3.40. The SMILES string of the molecule is Cc1ccc2oc(=O)n(Cc3cccc(-c4ncc(OC(=O)NCCCCN(C)C)cn4)c3)c2n1. The second-order valence-electron chi connectivity index (χ2n) is 8.50. The van der Waals surface area contributed by atoms with Crippen molar-refractivity contribution >= 4 is 17.3 Å². The second-order valence-corrected chi connectivity index (χ2v) is 8.50. The highest BCUT2D eigenvalue weighted by Gasteiger charge is 2.12. The van der Waals surface area contributed by atoms with Gasteiger partial charge in [-0.15, -0.1) is 0 Å². The lowest BCUT2D eigenvalue weighted by molar-refractivity contribution is 0.200. The summed E-state index contributed by atoms with van der Waals surface area (Å²) >= 11 is 0. The number of fused-ring (bicyclic) bond motifs is 1. The zero-order chi connectivity index (χ0) is 24.8. The topological polar surface area (TPSA) is 115 Å². The number of pyridine rings is 1. The third-order valence-electron chi connectivity index (χ3n) is 5.32. The Balaban J connectivity index is 1.39. The Morgan fingerprint density at radius 2 is 1.94 bits per heavy atom. The lowest BCUT2D eigenvalue weighted by Gasteiger charge is -2.09. The molecule has 1 N–H and O–H groups in total. The van der Waals surface area contributed by atoms with Crippen LogP contribution >= 0.6 is 0 Å². The number of aryl methyl sites for hydroxylation is 1. The maximum atomic E-state index is 12.3. The standard InChI is InChI=1S/C25H28N6O4/c1-17-9-10-21-23(29-17)31(25(33)35-21)16-18-7-6-8-19(13-18)22-27-14-20(15-28-22)34-24(32)26-11-4-5-12-30(2)3/h6-10,13-15H,4-5,11-12,16H2,1-3H3,(H,26,32). The Hall–Kier alpha value is -4.05. The summed E-state index contributed by atoms with van der Waals surface area (Å²) < 4.78 is 12.1. The molecule has 3 aromatic heterocycles. The van der Waals surface area contributed by atoms with Gasteiger partial charge < -0.3 is 19.4 Å². The fraction of sp³-hybridized carbons (Fsp3) is 0.320. The lowest BCUT2D eigenvalue weighted by Crippen LogP contribution is -2.28. The van der Waals surface area contributed by atoms with E-state index in [4.69, 9.17) is 9.15 Å². The van der Waals surface area contributed by atoms with Crippen molar-refractivity contribution in [3.63, 3.8) is 0 Å². The number of unbranched alkanes of at least 4 members (excludes halogenated alkanes) is 1. The molecule has 10 nitrogen and oxygen atoms in total. The summed E-state index contributed by atoms with van der Waals surface area (Å²) in [5.74, 6) is 0.271. The molecule has 3 heterocycles. The predicted octanol–water partition coefficient (Wildman–Crippen LogP) is 3.23. The molecule has 1 amide bonds. The molecule has 0 spiro atoms. The van der Waals surface area contributed by atoms with Crippen molar-refractivity contribution in [2.24, 2.45) is 0 Å². The third-order valence-corrected chi connectivity index (χ3v) is 5.32. The van der Waals surface area contributed by atoms with E-state index in [9.17, 15) is 9.59 Å². The minimum absolute atomic E-state index is 0.258. The number of nitrogens with one attached hydrogen (secondary N) is 1. The van der Waals surface area contributed by atoms with Crippen LogP contribution in [0.1, 0.15) is 24.1 Å². The second kappa shape index (κ2) is 10.9. The minimum atomic E-state index is -0.533. The van der Waals surface area contributed by atoms with E-state index >= 15 is 0 Å². The van der Waals surface area contributed by atoms with Gasteiger partial charge in [-0.3, -0.25) is 4.57 Å². The Kier molecular flexibility index (Phi) is 7.51. The summed E-state index contributed by atoms with van der Waals surface area (Å²) in [7, 11) is 4.03. The number of hydrogen-bond acceptors (Lipinski definition) is 8. The van der Waals surface area contributed by atoms with E-state index in [0.717, 1.165) is 36.2 Å². The average Bonchev–Trinajstić information content (AvgIpc) is 3.13. The van der Waals surface area contributed by atoms with Gasteiger partial charge in [-0.2, -0.15) is 0 Å². The van der Waals surface area contributed by atoms with Crippen LogP contribution in [-0.2, 0) is 6.54 Å². The molecule has 0 aliphatic rings. The van der Waals surface area contributed by atoms with Gasteiger partial charge in [-0.05, 0) is 64.2 Å². The number of hydrogen-bond donors (Lipinski definition) is 1. The molecule has 4 aromatic rings. The van der Waals surface area contributed by atoms with Crippen molar-refractivity contribution < 1.29 is 13.9 Å². The van der Waals surface area contributed by atoms with E-state index in [-0.39, 0.29) is 5.75 Å². The van der Waals surface area contributed by atoms with Crippen LogP contribution in [0.5, 0.6) is 5.75 Å². The molecule has 35 heavy (non-hydrogen) atoms. The summed E-state index contributed by atoms with van der Waals surface area (Å²) in [4.78, 5) is 39.5. The van der Waals surface area contributed by atoms with Crippen molar-refractivity contribution in [3.8, 4) is 17.1 Å². The fourth-order valence-corrected chi connectivity index (χ4v) is 3.57. The number of amides is 1. The van der Waals surface area contributed by atoms with E-state index in [0.29, 0.717) is 30.1 Å². The fourth-order valence-electron chi connectivity index (χ4n) is 3.57. The molecule has 10 heteroatoms.